The van der Waals surface area contributed by atoms with Crippen molar-refractivity contribution >= 4 is 29.3 Å². The molecule has 0 aliphatic heterocycles. The number of carbonyl (C=O) groups is 4. The first-order chi connectivity index (χ1) is 23.6. The quantitative estimate of drug-likeness (QED) is 0.0703. The largest absolute Gasteiger partial charge is 0.379 e. The van der Waals surface area contributed by atoms with Crippen LogP contribution in [0.25, 0.3) is 0 Å². The molecule has 0 unspecified atom stereocenters. The number of benzene rings is 1. The molecule has 4 amide bonds. The predicted octanol–water partition coefficient (Wildman–Crippen LogP) is 1.55. The van der Waals surface area contributed by atoms with Gasteiger partial charge in [0.15, 0.2) is 5.78 Å². The minimum Gasteiger partial charge on any atom is -0.379 e. The maximum atomic E-state index is 13.4. The second kappa shape index (κ2) is 28.6. The summed E-state index contributed by atoms with van der Waals surface area (Å²) in [7, 11) is 0. The number of nitrogens with one attached hydrogen (secondary N) is 3. The van der Waals surface area contributed by atoms with Gasteiger partial charge in [-0.1, -0.05) is 31.5 Å². The first-order valence-electron chi connectivity index (χ1n) is 17.0. The zero-order valence-electron chi connectivity index (χ0n) is 29.5. The molecule has 0 aliphatic rings. The summed E-state index contributed by atoms with van der Waals surface area (Å²) in [5.74, 6) is -1.72. The molecule has 15 heteroatoms. The van der Waals surface area contributed by atoms with Crippen LogP contribution >= 0.6 is 0 Å². The second-order valence-corrected chi connectivity index (χ2v) is 11.7. The Balaban J connectivity index is 2.28. The summed E-state index contributed by atoms with van der Waals surface area (Å²) < 4.78 is 32.4. The molecule has 0 heterocycles. The van der Waals surface area contributed by atoms with Gasteiger partial charge >= 0.3 is 6.03 Å². The summed E-state index contributed by atoms with van der Waals surface area (Å²) in [4.78, 5) is 50.2. The Bertz CT molecular complexity index is 1040. The van der Waals surface area contributed by atoms with E-state index in [1.165, 1.54) is 0 Å². The van der Waals surface area contributed by atoms with E-state index in [4.69, 9.17) is 39.9 Å². The van der Waals surface area contributed by atoms with Gasteiger partial charge in [-0.25, -0.2) is 4.79 Å². The zero-order valence-corrected chi connectivity index (χ0v) is 29.5. The number of anilines is 1. The van der Waals surface area contributed by atoms with Crippen molar-refractivity contribution in [1.29, 1.82) is 0 Å². The van der Waals surface area contributed by atoms with Gasteiger partial charge in [0.2, 0.25) is 11.8 Å². The van der Waals surface area contributed by atoms with Crippen molar-refractivity contribution in [2.24, 2.45) is 23.3 Å². The summed E-state index contributed by atoms with van der Waals surface area (Å²) in [6.45, 7) is 11.5. The van der Waals surface area contributed by atoms with E-state index in [0.717, 1.165) is 5.56 Å². The molecule has 0 bridgehead atoms. The van der Waals surface area contributed by atoms with Crippen LogP contribution in [-0.4, -0.2) is 122 Å². The fourth-order valence-electron chi connectivity index (χ4n) is 4.45. The van der Waals surface area contributed by atoms with Crippen LogP contribution < -0.4 is 27.4 Å². The van der Waals surface area contributed by atoms with E-state index in [1.54, 1.807) is 12.1 Å². The van der Waals surface area contributed by atoms with E-state index >= 15 is 0 Å². The topological polar surface area (TPSA) is 212 Å². The third kappa shape index (κ3) is 23.8. The molecule has 0 aromatic heterocycles. The van der Waals surface area contributed by atoms with Gasteiger partial charge < -0.3 is 55.8 Å². The molecule has 1 aromatic carbocycles. The average Bonchev–Trinajstić information content (AvgIpc) is 3.06. The molecule has 0 aliphatic carbocycles. The standard InChI is InChI=1S/C34H59N5O10/c1-26(2)32(30(40)25-28(5-4-12-37-34(36)43)33(42)38-29-8-6-27(3)7-9-29)39-31(41)10-13-44-15-17-46-19-21-48-23-24-49-22-20-47-18-16-45-14-11-35/h6-9,26,28,32H,4-5,10-25,35H2,1-3H3,(H,38,42)(H,39,41)(H3,36,37,43)/t28-,32+/m1/s1. The number of ketones is 1. The smallest absolute Gasteiger partial charge is 0.312 e. The summed E-state index contributed by atoms with van der Waals surface area (Å²) in [6.07, 6.45) is 0.808. The maximum absolute atomic E-state index is 13.4. The van der Waals surface area contributed by atoms with Crippen molar-refractivity contribution in [3.8, 4) is 0 Å². The van der Waals surface area contributed by atoms with Crippen LogP contribution in [0.1, 0.15) is 45.1 Å². The van der Waals surface area contributed by atoms with Gasteiger partial charge in [-0.15, -0.1) is 0 Å². The van der Waals surface area contributed by atoms with Crippen LogP contribution in [0.4, 0.5) is 10.5 Å². The van der Waals surface area contributed by atoms with Gasteiger partial charge in [-0.2, -0.15) is 0 Å². The van der Waals surface area contributed by atoms with E-state index in [2.05, 4.69) is 16.0 Å². The number of Topliss-reactive ketones (excluding diaryl/α,β-unsaturated/α-hetero) is 1. The lowest BCUT2D eigenvalue weighted by molar-refractivity contribution is -0.131. The lowest BCUT2D eigenvalue weighted by Crippen LogP contribution is -2.45. The second-order valence-electron chi connectivity index (χ2n) is 11.7. The molecule has 280 valence electrons. The number of primary amides is 1. The van der Waals surface area contributed by atoms with Crippen LogP contribution in [0.3, 0.4) is 0 Å². The molecule has 15 nitrogen and oxygen atoms in total. The summed E-state index contributed by atoms with van der Waals surface area (Å²) >= 11 is 0. The van der Waals surface area contributed by atoms with Crippen molar-refractivity contribution in [2.45, 2.75) is 52.5 Å². The zero-order chi connectivity index (χ0) is 36.1. The Kier molecular flexibility index (Phi) is 25.6. The average molecular weight is 698 g/mol. The van der Waals surface area contributed by atoms with Gasteiger partial charge in [0.05, 0.1) is 85.3 Å². The van der Waals surface area contributed by atoms with Gasteiger partial charge in [-0.05, 0) is 37.8 Å². The molecular weight excluding hydrogens is 638 g/mol. The highest BCUT2D eigenvalue weighted by molar-refractivity contribution is 5.97. The molecule has 49 heavy (non-hydrogen) atoms. The van der Waals surface area contributed by atoms with Crippen LogP contribution in [0.5, 0.6) is 0 Å². The highest BCUT2D eigenvalue weighted by Gasteiger charge is 2.29. The molecule has 0 fully saturated rings. The summed E-state index contributed by atoms with van der Waals surface area (Å²) in [5, 5.41) is 8.18. The van der Waals surface area contributed by atoms with Crippen LogP contribution in [-0.2, 0) is 42.8 Å². The van der Waals surface area contributed by atoms with Gasteiger partial charge in [-0.3, -0.25) is 14.4 Å². The number of ether oxygens (including phenoxy) is 6. The Morgan fingerprint density at radius 1 is 0.735 bits per heavy atom. The lowest BCUT2D eigenvalue weighted by atomic mass is 9.89. The molecule has 0 radical (unpaired) electrons. The third-order valence-corrected chi connectivity index (χ3v) is 7.09. The van der Waals surface area contributed by atoms with E-state index in [1.807, 2.05) is 32.9 Å². The fourth-order valence-corrected chi connectivity index (χ4v) is 4.45. The van der Waals surface area contributed by atoms with Crippen molar-refractivity contribution in [3.05, 3.63) is 29.8 Å². The van der Waals surface area contributed by atoms with Crippen molar-refractivity contribution in [1.82, 2.24) is 10.6 Å². The monoisotopic (exact) mass is 697 g/mol. The first-order valence-corrected chi connectivity index (χ1v) is 17.0. The van der Waals surface area contributed by atoms with Crippen LogP contribution in [0.15, 0.2) is 24.3 Å². The maximum Gasteiger partial charge on any atom is 0.312 e. The lowest BCUT2D eigenvalue weighted by Gasteiger charge is -2.24. The van der Waals surface area contributed by atoms with Gasteiger partial charge in [0.1, 0.15) is 0 Å². The van der Waals surface area contributed by atoms with E-state index in [-0.39, 0.29) is 49.5 Å². The summed E-state index contributed by atoms with van der Waals surface area (Å²) in [6, 6.07) is 5.93. The van der Waals surface area contributed by atoms with Crippen LogP contribution in [0, 0.1) is 18.8 Å². The minimum absolute atomic E-state index is 0.0661. The highest BCUT2D eigenvalue weighted by Crippen LogP contribution is 2.19. The first kappa shape index (κ1) is 43.8. The third-order valence-electron chi connectivity index (χ3n) is 7.09. The number of nitrogens with two attached hydrogens (primary N) is 2. The van der Waals surface area contributed by atoms with Gasteiger partial charge in [0.25, 0.3) is 0 Å². The van der Waals surface area contributed by atoms with Crippen LogP contribution in [0.2, 0.25) is 0 Å². The SMILES string of the molecule is Cc1ccc(NC(=O)[C@H](CCCNC(N)=O)CC(=O)[C@@H](NC(=O)CCOCCOCCOCCOCCOCCOCCN)C(C)C)cc1. The molecule has 7 N–H and O–H groups in total. The number of urea groups is 1. The Morgan fingerprint density at radius 2 is 1.22 bits per heavy atom. The number of hydrogen-bond donors (Lipinski definition) is 5. The van der Waals surface area contributed by atoms with E-state index < -0.39 is 18.0 Å². The van der Waals surface area contributed by atoms with E-state index in [0.29, 0.717) is 97.7 Å². The summed E-state index contributed by atoms with van der Waals surface area (Å²) in [5.41, 5.74) is 12.2. The Morgan fingerprint density at radius 3 is 1.69 bits per heavy atom. The van der Waals surface area contributed by atoms with E-state index in [9.17, 15) is 19.2 Å². The number of rotatable bonds is 31. The van der Waals surface area contributed by atoms with Crippen molar-refractivity contribution in [2.75, 3.05) is 97.7 Å². The van der Waals surface area contributed by atoms with Crippen molar-refractivity contribution < 1.29 is 47.6 Å². The predicted molar refractivity (Wildman–Crippen MR) is 185 cm³/mol. The number of hydrogen-bond acceptors (Lipinski definition) is 11. The molecular formula is C34H59N5O10. The Hall–Kier alpha value is -3.18. The molecule has 0 saturated heterocycles. The minimum atomic E-state index is -0.764. The van der Waals surface area contributed by atoms with Crippen molar-refractivity contribution in [3.63, 3.8) is 0 Å². The highest BCUT2D eigenvalue weighted by atomic mass is 16.6. The van der Waals surface area contributed by atoms with Gasteiger partial charge in [0, 0.05) is 37.5 Å². The number of amides is 4. The normalized spacial score (nSPS) is 12.4. The molecule has 1 rings (SSSR count). The fraction of sp³-hybridized carbons (Fsp3) is 0.706. The number of aryl methyl sites for hydroxylation is 1. The molecule has 2 atom stereocenters. The number of carbonyl (C=O) groups excluding carboxylic acids is 4. The molecule has 0 spiro atoms. The Labute approximate surface area is 290 Å². The molecule has 1 aromatic rings. The molecule has 0 saturated carbocycles.